The Balaban J connectivity index is 1.73. The quantitative estimate of drug-likeness (QED) is 0.287. The molecule has 1 aromatic carbocycles. The molecule has 6 N–H and O–H groups in total. The lowest BCUT2D eigenvalue weighted by Gasteiger charge is -2.18. The van der Waals surface area contributed by atoms with Crippen LogP contribution in [0, 0.1) is 0 Å². The first-order valence-electron chi connectivity index (χ1n) is 8.55. The van der Waals surface area contributed by atoms with Crippen LogP contribution in [0.15, 0.2) is 41.8 Å². The number of nitrogens with two attached hydrogens (primary N) is 1. The predicted molar refractivity (Wildman–Crippen MR) is 100 cm³/mol. The molecule has 0 saturated carbocycles. The third kappa shape index (κ3) is 3.16. The Hall–Kier alpha value is -3.12. The minimum atomic E-state index is -1.32. The molecule has 3 aromatic rings. The number of rotatable bonds is 5. The Labute approximate surface area is 159 Å². The molecular formula is C17H19N7O4. The van der Waals surface area contributed by atoms with Gasteiger partial charge in [0.25, 0.3) is 0 Å². The zero-order valence-corrected chi connectivity index (χ0v) is 14.6. The molecule has 11 nitrogen and oxygen atoms in total. The highest BCUT2D eigenvalue weighted by atomic mass is 16.6. The van der Waals surface area contributed by atoms with Crippen LogP contribution in [0.2, 0.25) is 0 Å². The van der Waals surface area contributed by atoms with Crippen LogP contribution in [0.5, 0.6) is 0 Å². The fraction of sp³-hybridized carbons (Fsp3) is 0.294. The number of aliphatic hydroxyl groups excluding tert-OH is 3. The number of imidazole rings is 1. The molecule has 4 rings (SSSR count). The Bertz CT molecular complexity index is 994. The lowest BCUT2D eigenvalue weighted by molar-refractivity contribution is -0.0501. The van der Waals surface area contributed by atoms with E-state index >= 15 is 0 Å². The molecule has 1 saturated heterocycles. The van der Waals surface area contributed by atoms with Crippen LogP contribution in [0.4, 0.5) is 11.8 Å². The van der Waals surface area contributed by atoms with Gasteiger partial charge in [-0.05, 0) is 5.56 Å². The number of nitrogens with one attached hydrogen (secondary N) is 1. The SMILES string of the molecule is Nc1ncnc2c1nc(N/N=C\c1ccccc1)n2[C@@H]1O[C@H](CO)[C@@H](O)[C@H]1O. The van der Waals surface area contributed by atoms with Gasteiger partial charge in [0, 0.05) is 0 Å². The molecular weight excluding hydrogens is 366 g/mol. The van der Waals surface area contributed by atoms with E-state index < -0.39 is 31.1 Å². The van der Waals surface area contributed by atoms with Gasteiger partial charge in [0.1, 0.15) is 24.6 Å². The largest absolute Gasteiger partial charge is 0.394 e. The molecule has 1 aliphatic rings. The lowest BCUT2D eigenvalue weighted by atomic mass is 10.1. The number of anilines is 2. The zero-order valence-electron chi connectivity index (χ0n) is 14.6. The van der Waals surface area contributed by atoms with Crippen LogP contribution in [-0.4, -0.2) is 66.0 Å². The van der Waals surface area contributed by atoms with Gasteiger partial charge < -0.3 is 25.8 Å². The van der Waals surface area contributed by atoms with Gasteiger partial charge in [-0.1, -0.05) is 30.3 Å². The number of aliphatic hydroxyl groups is 3. The molecule has 4 atom stereocenters. The summed E-state index contributed by atoms with van der Waals surface area (Å²) in [7, 11) is 0. The van der Waals surface area contributed by atoms with Gasteiger partial charge in [0.15, 0.2) is 23.2 Å². The van der Waals surface area contributed by atoms with Gasteiger partial charge in [0.05, 0.1) is 12.8 Å². The molecule has 0 aliphatic carbocycles. The number of nitrogens with zero attached hydrogens (tertiary/aromatic N) is 5. The summed E-state index contributed by atoms with van der Waals surface area (Å²) in [4.78, 5) is 12.4. The summed E-state index contributed by atoms with van der Waals surface area (Å²) in [5.74, 6) is 0.329. The summed E-state index contributed by atoms with van der Waals surface area (Å²) in [5, 5.41) is 34.0. The van der Waals surface area contributed by atoms with Gasteiger partial charge in [-0.2, -0.15) is 5.10 Å². The van der Waals surface area contributed by atoms with Crippen LogP contribution in [0.25, 0.3) is 11.2 Å². The molecule has 0 bridgehead atoms. The van der Waals surface area contributed by atoms with E-state index in [2.05, 4.69) is 25.5 Å². The second-order valence-corrected chi connectivity index (χ2v) is 6.25. The van der Waals surface area contributed by atoms with E-state index in [1.54, 1.807) is 6.21 Å². The number of hydrogen-bond donors (Lipinski definition) is 5. The predicted octanol–water partition coefficient (Wildman–Crippen LogP) is -0.534. The minimum absolute atomic E-state index is 0.144. The van der Waals surface area contributed by atoms with E-state index in [9.17, 15) is 15.3 Å². The van der Waals surface area contributed by atoms with Crippen molar-refractivity contribution < 1.29 is 20.1 Å². The second kappa shape index (κ2) is 7.48. The molecule has 11 heteroatoms. The molecule has 0 amide bonds. The Morgan fingerprint density at radius 1 is 1.21 bits per heavy atom. The van der Waals surface area contributed by atoms with Crippen LogP contribution in [-0.2, 0) is 4.74 Å². The van der Waals surface area contributed by atoms with E-state index in [1.165, 1.54) is 10.9 Å². The Morgan fingerprint density at radius 2 is 2.00 bits per heavy atom. The summed E-state index contributed by atoms with van der Waals surface area (Å²) < 4.78 is 7.04. The highest BCUT2D eigenvalue weighted by molar-refractivity contribution is 5.84. The summed E-state index contributed by atoms with van der Waals surface area (Å²) in [6, 6.07) is 9.42. The topological polar surface area (TPSA) is 164 Å². The van der Waals surface area contributed by atoms with Crippen molar-refractivity contribution in [1.82, 2.24) is 19.5 Å². The standard InChI is InChI=1S/C17H19N7O4/c18-14-11-15(20-8-19-14)24(16-13(27)12(26)10(7-25)28-16)17(22-11)23-21-6-9-4-2-1-3-5-9/h1-6,8,10,12-13,16,25-27H,7H2,(H,22,23)(H2,18,19,20)/b21-6-/t10-,12-,13-,16-/m1/s1. The number of fused-ring (bicyclic) bond motifs is 1. The van der Waals surface area contributed by atoms with Crippen LogP contribution in [0.1, 0.15) is 11.8 Å². The van der Waals surface area contributed by atoms with E-state index in [0.29, 0.717) is 5.65 Å². The number of nitrogen functional groups attached to an aromatic ring is 1. The number of hydrogen-bond acceptors (Lipinski definition) is 10. The third-order valence-corrected chi connectivity index (χ3v) is 4.45. The molecule has 1 fully saturated rings. The van der Waals surface area contributed by atoms with Crippen molar-refractivity contribution in [3.63, 3.8) is 0 Å². The van der Waals surface area contributed by atoms with Crippen molar-refractivity contribution >= 4 is 29.1 Å². The monoisotopic (exact) mass is 385 g/mol. The normalized spacial score (nSPS) is 25.0. The fourth-order valence-corrected chi connectivity index (χ4v) is 3.04. The van der Waals surface area contributed by atoms with E-state index in [1.807, 2.05) is 30.3 Å². The van der Waals surface area contributed by atoms with Crippen molar-refractivity contribution in [3.8, 4) is 0 Å². The first-order valence-corrected chi connectivity index (χ1v) is 8.55. The summed E-state index contributed by atoms with van der Waals surface area (Å²) in [6.07, 6.45) is -1.74. The van der Waals surface area contributed by atoms with Gasteiger partial charge in [-0.15, -0.1) is 0 Å². The molecule has 0 unspecified atom stereocenters. The van der Waals surface area contributed by atoms with Gasteiger partial charge in [0.2, 0.25) is 5.95 Å². The van der Waals surface area contributed by atoms with Crippen LogP contribution >= 0.6 is 0 Å². The Kier molecular flexibility index (Phi) is 4.88. The summed E-state index contributed by atoms with van der Waals surface area (Å²) >= 11 is 0. The first-order chi connectivity index (χ1) is 13.6. The first kappa shape index (κ1) is 18.3. The second-order valence-electron chi connectivity index (χ2n) is 6.25. The zero-order chi connectivity index (χ0) is 19.7. The number of benzene rings is 1. The minimum Gasteiger partial charge on any atom is -0.394 e. The van der Waals surface area contributed by atoms with E-state index in [4.69, 9.17) is 10.5 Å². The number of ether oxygens (including phenoxy) is 1. The average molecular weight is 385 g/mol. The molecule has 146 valence electrons. The highest BCUT2D eigenvalue weighted by Gasteiger charge is 2.45. The molecule has 28 heavy (non-hydrogen) atoms. The lowest BCUT2D eigenvalue weighted by Crippen LogP contribution is -2.33. The van der Waals surface area contributed by atoms with Crippen molar-refractivity contribution in [3.05, 3.63) is 42.2 Å². The van der Waals surface area contributed by atoms with E-state index in [0.717, 1.165) is 5.56 Å². The maximum atomic E-state index is 10.4. The smallest absolute Gasteiger partial charge is 0.228 e. The van der Waals surface area contributed by atoms with Crippen molar-refractivity contribution in [2.24, 2.45) is 5.10 Å². The number of aromatic nitrogens is 4. The van der Waals surface area contributed by atoms with Crippen LogP contribution < -0.4 is 11.2 Å². The Morgan fingerprint density at radius 3 is 2.71 bits per heavy atom. The van der Waals surface area contributed by atoms with Crippen molar-refractivity contribution in [2.75, 3.05) is 17.8 Å². The highest BCUT2D eigenvalue weighted by Crippen LogP contribution is 2.35. The van der Waals surface area contributed by atoms with Gasteiger partial charge in [-0.25, -0.2) is 20.4 Å². The van der Waals surface area contributed by atoms with E-state index in [-0.39, 0.29) is 17.3 Å². The maximum absolute atomic E-state index is 10.4. The van der Waals surface area contributed by atoms with Crippen molar-refractivity contribution in [2.45, 2.75) is 24.5 Å². The molecule has 2 aromatic heterocycles. The molecule has 0 radical (unpaired) electrons. The third-order valence-electron chi connectivity index (χ3n) is 4.45. The van der Waals surface area contributed by atoms with Crippen molar-refractivity contribution in [1.29, 1.82) is 0 Å². The molecule has 3 heterocycles. The fourth-order valence-electron chi connectivity index (χ4n) is 3.04. The maximum Gasteiger partial charge on any atom is 0.228 e. The summed E-state index contributed by atoms with van der Waals surface area (Å²) in [5.41, 5.74) is 10.1. The van der Waals surface area contributed by atoms with Gasteiger partial charge >= 0.3 is 0 Å². The number of hydrazone groups is 1. The molecule has 0 spiro atoms. The average Bonchev–Trinajstić information content (AvgIpc) is 3.21. The summed E-state index contributed by atoms with van der Waals surface area (Å²) in [6.45, 7) is -0.451. The molecule has 1 aliphatic heterocycles. The van der Waals surface area contributed by atoms with Gasteiger partial charge in [-0.3, -0.25) is 4.57 Å². The van der Waals surface area contributed by atoms with Crippen LogP contribution in [0.3, 0.4) is 0 Å².